The second-order valence-electron chi connectivity index (χ2n) is 7.66. The molecule has 0 atom stereocenters. The second kappa shape index (κ2) is 6.78. The van der Waals surface area contributed by atoms with Crippen LogP contribution in [0, 0.1) is 6.92 Å². The fraction of sp³-hybridized carbons (Fsp3) is 0.318. The highest BCUT2D eigenvalue weighted by molar-refractivity contribution is 5.70. The molecule has 142 valence electrons. The van der Waals surface area contributed by atoms with Gasteiger partial charge in [0.1, 0.15) is 11.5 Å². The molecule has 0 aliphatic heterocycles. The first-order chi connectivity index (χ1) is 13.7. The number of nitrogens with zero attached hydrogens (tertiary/aromatic N) is 5. The molecule has 0 spiro atoms. The maximum atomic E-state index is 4.97. The van der Waals surface area contributed by atoms with Crippen molar-refractivity contribution in [2.45, 2.75) is 38.6 Å². The molecule has 6 heteroatoms. The zero-order valence-electron chi connectivity index (χ0n) is 16.3. The summed E-state index contributed by atoms with van der Waals surface area (Å²) in [5.74, 6) is 1.03. The summed E-state index contributed by atoms with van der Waals surface area (Å²) in [4.78, 5) is 11.9. The van der Waals surface area contributed by atoms with Crippen LogP contribution in [0.3, 0.4) is 0 Å². The zero-order valence-corrected chi connectivity index (χ0v) is 16.3. The smallest absolute Gasteiger partial charge is 0.137 e. The number of hydrogen-bond acceptors (Lipinski definition) is 4. The van der Waals surface area contributed by atoms with Crippen LogP contribution >= 0.6 is 0 Å². The molecule has 1 fully saturated rings. The van der Waals surface area contributed by atoms with Crippen LogP contribution in [0.2, 0.25) is 0 Å². The summed E-state index contributed by atoms with van der Waals surface area (Å²) >= 11 is 0. The van der Waals surface area contributed by atoms with E-state index in [1.165, 1.54) is 31.2 Å². The number of pyridine rings is 2. The van der Waals surface area contributed by atoms with E-state index in [9.17, 15) is 0 Å². The van der Waals surface area contributed by atoms with Crippen LogP contribution in [0.15, 0.2) is 49.1 Å². The number of rotatable bonds is 4. The van der Waals surface area contributed by atoms with Gasteiger partial charge in [-0.25, -0.2) is 9.97 Å². The van der Waals surface area contributed by atoms with Crippen molar-refractivity contribution in [3.05, 3.63) is 54.6 Å². The minimum Gasteiger partial charge on any atom is -0.357 e. The average molecular weight is 372 g/mol. The standard InChI is InChI=1S/C22H24N6/c1-15-10-22-23-13-20(28(22)14-18(15)16-11-24-25-12-16)19-8-5-9-21(26-19)27(2)17-6-3-4-7-17/h5,8-14,17H,3-4,6-7H2,1-2H3,(H,24,25). The SMILES string of the molecule is Cc1cc2ncc(-c3cccc(N(C)C4CCCC4)n3)n2cc1-c1cn[nH]c1. The lowest BCUT2D eigenvalue weighted by molar-refractivity contribution is 0.647. The minimum absolute atomic E-state index is 0.597. The summed E-state index contributed by atoms with van der Waals surface area (Å²) in [6.45, 7) is 2.10. The molecule has 0 radical (unpaired) electrons. The van der Waals surface area contributed by atoms with Crippen LogP contribution in [0.1, 0.15) is 31.2 Å². The molecular weight excluding hydrogens is 348 g/mol. The van der Waals surface area contributed by atoms with Crippen LogP contribution in [0.4, 0.5) is 5.82 Å². The highest BCUT2D eigenvalue weighted by Gasteiger charge is 2.21. The number of anilines is 1. The zero-order chi connectivity index (χ0) is 19.1. The fourth-order valence-corrected chi connectivity index (χ4v) is 4.25. The number of fused-ring (bicyclic) bond motifs is 1. The Hall–Kier alpha value is -3.15. The summed E-state index contributed by atoms with van der Waals surface area (Å²) in [5, 5.41) is 6.99. The van der Waals surface area contributed by atoms with Crippen molar-refractivity contribution in [2.24, 2.45) is 0 Å². The van der Waals surface area contributed by atoms with Crippen LogP contribution < -0.4 is 4.90 Å². The summed E-state index contributed by atoms with van der Waals surface area (Å²) in [7, 11) is 2.16. The Kier molecular flexibility index (Phi) is 4.11. The minimum atomic E-state index is 0.597. The van der Waals surface area contributed by atoms with Crippen LogP contribution in [-0.4, -0.2) is 37.7 Å². The average Bonchev–Trinajstić information content (AvgIpc) is 3.47. The maximum absolute atomic E-state index is 4.97. The van der Waals surface area contributed by atoms with E-state index in [1.807, 2.05) is 18.6 Å². The van der Waals surface area contributed by atoms with Crippen LogP contribution in [0.5, 0.6) is 0 Å². The van der Waals surface area contributed by atoms with Crippen molar-refractivity contribution >= 4 is 11.5 Å². The molecule has 0 aromatic carbocycles. The lowest BCUT2D eigenvalue weighted by Gasteiger charge is -2.25. The van der Waals surface area contributed by atoms with Gasteiger partial charge in [-0.2, -0.15) is 5.10 Å². The molecule has 0 saturated heterocycles. The lowest BCUT2D eigenvalue weighted by atomic mass is 10.1. The molecule has 1 saturated carbocycles. The molecule has 0 bridgehead atoms. The quantitative estimate of drug-likeness (QED) is 0.574. The van der Waals surface area contributed by atoms with Gasteiger partial charge in [-0.15, -0.1) is 0 Å². The van der Waals surface area contributed by atoms with Crippen LogP contribution in [0.25, 0.3) is 28.2 Å². The molecule has 1 aliphatic carbocycles. The van der Waals surface area contributed by atoms with Crippen molar-refractivity contribution in [3.63, 3.8) is 0 Å². The van der Waals surface area contributed by atoms with E-state index in [1.54, 1.807) is 0 Å². The first-order valence-electron chi connectivity index (χ1n) is 9.88. The van der Waals surface area contributed by atoms with Gasteiger partial charge >= 0.3 is 0 Å². The van der Waals surface area contributed by atoms with Crippen LogP contribution in [-0.2, 0) is 0 Å². The van der Waals surface area contributed by atoms with Crippen molar-refractivity contribution in [1.82, 2.24) is 24.6 Å². The summed E-state index contributed by atoms with van der Waals surface area (Å²) in [5.41, 5.74) is 6.25. The number of imidazole rings is 1. The van der Waals surface area contributed by atoms with Crippen molar-refractivity contribution in [1.29, 1.82) is 0 Å². The van der Waals surface area contributed by atoms with Crippen molar-refractivity contribution in [3.8, 4) is 22.5 Å². The topological polar surface area (TPSA) is 62.1 Å². The Morgan fingerprint density at radius 3 is 2.82 bits per heavy atom. The number of aryl methyl sites for hydroxylation is 1. The Bertz CT molecular complexity index is 1110. The first-order valence-corrected chi connectivity index (χ1v) is 9.88. The molecule has 4 aromatic heterocycles. The van der Waals surface area contributed by atoms with E-state index in [0.717, 1.165) is 34.0 Å². The molecule has 0 unspecified atom stereocenters. The number of H-pyrrole nitrogens is 1. The third-order valence-corrected chi connectivity index (χ3v) is 5.89. The molecule has 6 nitrogen and oxygen atoms in total. The maximum Gasteiger partial charge on any atom is 0.137 e. The van der Waals surface area contributed by atoms with Gasteiger partial charge in [-0.3, -0.25) is 9.50 Å². The van der Waals surface area contributed by atoms with Gasteiger partial charge in [-0.1, -0.05) is 18.9 Å². The molecule has 4 aromatic rings. The van der Waals surface area contributed by atoms with Gasteiger partial charge in [0.05, 0.1) is 23.8 Å². The molecule has 28 heavy (non-hydrogen) atoms. The van der Waals surface area contributed by atoms with Crippen molar-refractivity contribution < 1.29 is 0 Å². The summed E-state index contributed by atoms with van der Waals surface area (Å²) < 4.78 is 2.12. The van der Waals surface area contributed by atoms with E-state index in [2.05, 4.69) is 68.9 Å². The van der Waals surface area contributed by atoms with E-state index in [4.69, 9.17) is 4.98 Å². The lowest BCUT2D eigenvalue weighted by Crippen LogP contribution is -2.29. The van der Waals surface area contributed by atoms with Gasteiger partial charge in [0.2, 0.25) is 0 Å². The second-order valence-corrected chi connectivity index (χ2v) is 7.66. The van der Waals surface area contributed by atoms with Gasteiger partial charge in [0.25, 0.3) is 0 Å². The predicted octanol–water partition coefficient (Wildman–Crippen LogP) is 4.47. The van der Waals surface area contributed by atoms with Crippen molar-refractivity contribution in [2.75, 3.05) is 11.9 Å². The first kappa shape index (κ1) is 17.0. The molecule has 4 heterocycles. The van der Waals surface area contributed by atoms with Gasteiger partial charge in [0.15, 0.2) is 0 Å². The Morgan fingerprint density at radius 2 is 2.04 bits per heavy atom. The monoisotopic (exact) mass is 372 g/mol. The molecule has 0 amide bonds. The molecule has 1 N–H and O–H groups in total. The Morgan fingerprint density at radius 1 is 1.18 bits per heavy atom. The normalized spacial score (nSPS) is 14.8. The van der Waals surface area contributed by atoms with Gasteiger partial charge in [-0.05, 0) is 43.5 Å². The molecule has 5 rings (SSSR count). The van der Waals surface area contributed by atoms with Gasteiger partial charge < -0.3 is 4.90 Å². The van der Waals surface area contributed by atoms with Gasteiger partial charge in [0, 0.05) is 36.6 Å². The summed E-state index contributed by atoms with van der Waals surface area (Å²) in [6.07, 6.45) is 13.0. The highest BCUT2D eigenvalue weighted by Crippen LogP contribution is 2.29. The Balaban J connectivity index is 1.58. The van der Waals surface area contributed by atoms with E-state index in [-0.39, 0.29) is 0 Å². The highest BCUT2D eigenvalue weighted by atomic mass is 15.2. The largest absolute Gasteiger partial charge is 0.357 e. The predicted molar refractivity (Wildman–Crippen MR) is 111 cm³/mol. The third-order valence-electron chi connectivity index (χ3n) is 5.89. The number of aromatic amines is 1. The molecule has 1 aliphatic rings. The summed E-state index contributed by atoms with van der Waals surface area (Å²) in [6, 6.07) is 8.97. The number of hydrogen-bond donors (Lipinski definition) is 1. The fourth-order valence-electron chi connectivity index (χ4n) is 4.25. The van der Waals surface area contributed by atoms with E-state index < -0.39 is 0 Å². The third kappa shape index (κ3) is 2.85. The number of aromatic nitrogens is 5. The molecular formula is C22H24N6. The van der Waals surface area contributed by atoms with E-state index >= 15 is 0 Å². The Labute approximate surface area is 164 Å². The van der Waals surface area contributed by atoms with E-state index in [0.29, 0.717) is 6.04 Å². The number of nitrogens with one attached hydrogen (secondary N) is 1.